The van der Waals surface area contributed by atoms with Crippen LogP contribution >= 0.6 is 0 Å². The number of benzene rings is 1. The van der Waals surface area contributed by atoms with Gasteiger partial charge in [0.1, 0.15) is 0 Å². The average molecular weight is 189 g/mol. The number of nitrogens with two attached hydrogens (primary N) is 1. The van der Waals surface area contributed by atoms with E-state index in [-0.39, 0.29) is 5.56 Å². The molecular formula is C8H9F2NO2. The Labute approximate surface area is 73.4 Å². The Bertz CT molecular complexity index is 294. The molecule has 1 aromatic rings. The molecule has 0 amide bonds. The Morgan fingerprint density at radius 3 is 2.46 bits per heavy atom. The van der Waals surface area contributed by atoms with E-state index in [4.69, 9.17) is 15.9 Å². The van der Waals surface area contributed by atoms with Crippen molar-refractivity contribution >= 4 is 0 Å². The van der Waals surface area contributed by atoms with Crippen molar-refractivity contribution in [3.05, 3.63) is 29.3 Å². The summed E-state index contributed by atoms with van der Waals surface area (Å²) < 4.78 is 25.2. The number of phenols is 1. The highest BCUT2D eigenvalue weighted by atomic mass is 19.2. The van der Waals surface area contributed by atoms with Gasteiger partial charge in [-0.15, -0.1) is 0 Å². The SMILES string of the molecule is N[C@@H](CO)c1cc(O)c(F)c(F)c1. The lowest BCUT2D eigenvalue weighted by molar-refractivity contribution is 0.267. The first-order valence-corrected chi connectivity index (χ1v) is 3.60. The smallest absolute Gasteiger partial charge is 0.200 e. The van der Waals surface area contributed by atoms with Gasteiger partial charge < -0.3 is 15.9 Å². The van der Waals surface area contributed by atoms with E-state index in [0.717, 1.165) is 12.1 Å². The lowest BCUT2D eigenvalue weighted by Crippen LogP contribution is -2.14. The van der Waals surface area contributed by atoms with Crippen molar-refractivity contribution < 1.29 is 19.0 Å². The normalized spacial score (nSPS) is 12.9. The lowest BCUT2D eigenvalue weighted by atomic mass is 10.1. The summed E-state index contributed by atoms with van der Waals surface area (Å²) in [4.78, 5) is 0. The summed E-state index contributed by atoms with van der Waals surface area (Å²) in [5, 5.41) is 17.5. The summed E-state index contributed by atoms with van der Waals surface area (Å²) in [6.07, 6.45) is 0. The van der Waals surface area contributed by atoms with Crippen molar-refractivity contribution in [2.45, 2.75) is 6.04 Å². The molecule has 1 atom stereocenters. The van der Waals surface area contributed by atoms with E-state index < -0.39 is 30.0 Å². The summed E-state index contributed by atoms with van der Waals surface area (Å²) in [6.45, 7) is -0.398. The maximum absolute atomic E-state index is 12.7. The highest BCUT2D eigenvalue weighted by Gasteiger charge is 2.13. The van der Waals surface area contributed by atoms with Crippen molar-refractivity contribution in [3.8, 4) is 5.75 Å². The third kappa shape index (κ3) is 1.93. The molecule has 0 heterocycles. The number of phenolic OH excluding ortho intramolecular Hbond substituents is 1. The molecule has 0 spiro atoms. The Balaban J connectivity index is 3.13. The van der Waals surface area contributed by atoms with E-state index >= 15 is 0 Å². The van der Waals surface area contributed by atoms with E-state index in [1.807, 2.05) is 0 Å². The summed E-state index contributed by atoms with van der Waals surface area (Å²) in [5.74, 6) is -3.30. The van der Waals surface area contributed by atoms with Crippen LogP contribution in [0.2, 0.25) is 0 Å². The van der Waals surface area contributed by atoms with Crippen LogP contribution in [0.25, 0.3) is 0 Å². The van der Waals surface area contributed by atoms with Crippen molar-refractivity contribution in [3.63, 3.8) is 0 Å². The molecule has 1 aromatic carbocycles. The van der Waals surface area contributed by atoms with Crippen LogP contribution in [0.1, 0.15) is 11.6 Å². The maximum atomic E-state index is 12.7. The van der Waals surface area contributed by atoms with Gasteiger partial charge in [-0.1, -0.05) is 0 Å². The number of hydrogen-bond acceptors (Lipinski definition) is 3. The average Bonchev–Trinajstić information content (AvgIpc) is 2.12. The van der Waals surface area contributed by atoms with Gasteiger partial charge in [0.15, 0.2) is 17.4 Å². The van der Waals surface area contributed by atoms with Crippen LogP contribution in [-0.2, 0) is 0 Å². The minimum Gasteiger partial charge on any atom is -0.505 e. The highest BCUT2D eigenvalue weighted by Crippen LogP contribution is 2.23. The number of rotatable bonds is 2. The van der Waals surface area contributed by atoms with E-state index in [1.54, 1.807) is 0 Å². The van der Waals surface area contributed by atoms with E-state index in [1.165, 1.54) is 0 Å². The Kier molecular flexibility index (Phi) is 2.79. The topological polar surface area (TPSA) is 66.5 Å². The Morgan fingerprint density at radius 2 is 2.00 bits per heavy atom. The molecule has 1 rings (SSSR count). The van der Waals surface area contributed by atoms with Crippen molar-refractivity contribution in [2.24, 2.45) is 5.73 Å². The molecule has 0 aromatic heterocycles. The van der Waals surface area contributed by atoms with Crippen LogP contribution < -0.4 is 5.73 Å². The maximum Gasteiger partial charge on any atom is 0.200 e. The predicted octanol–water partition coefficient (Wildman–Crippen LogP) is 0.662. The molecule has 0 saturated heterocycles. The predicted molar refractivity (Wildman–Crippen MR) is 42.0 cm³/mol. The molecule has 0 bridgehead atoms. The Morgan fingerprint density at radius 1 is 1.38 bits per heavy atom. The van der Waals surface area contributed by atoms with E-state index in [9.17, 15) is 8.78 Å². The van der Waals surface area contributed by atoms with Gasteiger partial charge in [-0.05, 0) is 17.7 Å². The van der Waals surface area contributed by atoms with E-state index in [2.05, 4.69) is 0 Å². The number of aliphatic hydroxyl groups excluding tert-OH is 1. The van der Waals surface area contributed by atoms with Gasteiger partial charge in [0.2, 0.25) is 0 Å². The second-order valence-electron chi connectivity index (χ2n) is 2.62. The highest BCUT2D eigenvalue weighted by molar-refractivity contribution is 5.32. The second-order valence-corrected chi connectivity index (χ2v) is 2.62. The molecule has 0 aliphatic rings. The molecule has 13 heavy (non-hydrogen) atoms. The largest absolute Gasteiger partial charge is 0.505 e. The zero-order valence-electron chi connectivity index (χ0n) is 6.67. The quantitative estimate of drug-likeness (QED) is 0.640. The van der Waals surface area contributed by atoms with Crippen LogP contribution in [0.5, 0.6) is 5.75 Å². The third-order valence-corrected chi connectivity index (χ3v) is 1.66. The Hall–Kier alpha value is -1.20. The number of halogens is 2. The third-order valence-electron chi connectivity index (χ3n) is 1.66. The molecule has 3 nitrogen and oxygen atoms in total. The van der Waals surface area contributed by atoms with E-state index in [0.29, 0.717) is 0 Å². The molecule has 0 aliphatic heterocycles. The lowest BCUT2D eigenvalue weighted by Gasteiger charge is -2.09. The van der Waals surface area contributed by atoms with Gasteiger partial charge in [-0.3, -0.25) is 0 Å². The molecule has 72 valence electrons. The van der Waals surface area contributed by atoms with Gasteiger partial charge in [0.25, 0.3) is 0 Å². The number of hydrogen-bond donors (Lipinski definition) is 3. The van der Waals surface area contributed by atoms with Gasteiger partial charge in [-0.2, -0.15) is 4.39 Å². The molecule has 4 N–H and O–H groups in total. The van der Waals surface area contributed by atoms with Crippen molar-refractivity contribution in [2.75, 3.05) is 6.61 Å². The van der Waals surface area contributed by atoms with Crippen LogP contribution in [0.4, 0.5) is 8.78 Å². The van der Waals surface area contributed by atoms with Gasteiger partial charge >= 0.3 is 0 Å². The van der Waals surface area contributed by atoms with Crippen molar-refractivity contribution in [1.29, 1.82) is 0 Å². The fourth-order valence-corrected chi connectivity index (χ4v) is 0.914. The summed E-state index contributed by atoms with van der Waals surface area (Å²) in [6, 6.07) is 1.01. The second kappa shape index (κ2) is 3.68. The zero-order chi connectivity index (χ0) is 10.0. The zero-order valence-corrected chi connectivity index (χ0v) is 6.67. The van der Waals surface area contributed by atoms with Crippen LogP contribution in [0.15, 0.2) is 12.1 Å². The molecule has 5 heteroatoms. The summed E-state index contributed by atoms with van der Waals surface area (Å²) in [5.41, 5.74) is 5.48. The molecule has 0 saturated carbocycles. The van der Waals surface area contributed by atoms with Gasteiger partial charge in [-0.25, -0.2) is 4.39 Å². The molecular weight excluding hydrogens is 180 g/mol. The monoisotopic (exact) mass is 189 g/mol. The molecule has 0 fully saturated rings. The fraction of sp³-hybridized carbons (Fsp3) is 0.250. The first-order valence-electron chi connectivity index (χ1n) is 3.60. The summed E-state index contributed by atoms with van der Waals surface area (Å²) in [7, 11) is 0. The molecule has 0 aliphatic carbocycles. The first-order chi connectivity index (χ1) is 6.06. The van der Waals surface area contributed by atoms with Gasteiger partial charge in [0.05, 0.1) is 12.6 Å². The van der Waals surface area contributed by atoms with Crippen LogP contribution in [-0.4, -0.2) is 16.8 Å². The minimum absolute atomic E-state index is 0.152. The number of aliphatic hydroxyl groups is 1. The van der Waals surface area contributed by atoms with Crippen molar-refractivity contribution in [1.82, 2.24) is 0 Å². The molecule has 0 unspecified atom stereocenters. The van der Waals surface area contributed by atoms with Crippen LogP contribution in [0, 0.1) is 11.6 Å². The standard InChI is InChI=1S/C8H9F2NO2/c9-5-1-4(6(11)3-12)2-7(13)8(5)10/h1-2,6,12-13H,3,11H2/t6-/m0/s1. The fourth-order valence-electron chi connectivity index (χ4n) is 0.914. The number of aromatic hydroxyl groups is 1. The first kappa shape index (κ1) is 9.88. The van der Waals surface area contributed by atoms with Crippen LogP contribution in [0.3, 0.4) is 0 Å². The minimum atomic E-state index is -1.31. The summed E-state index contributed by atoms with van der Waals surface area (Å²) >= 11 is 0. The molecule has 0 radical (unpaired) electrons. The van der Waals surface area contributed by atoms with Gasteiger partial charge in [0, 0.05) is 0 Å².